The molecule has 0 unspecified atom stereocenters. The number of halogens is 3. The maximum Gasteiger partial charge on any atom is 0.124 e. The summed E-state index contributed by atoms with van der Waals surface area (Å²) in [7, 11) is 0. The molecule has 6 heteroatoms. The van der Waals surface area contributed by atoms with Crippen LogP contribution in [-0.2, 0) is 12.4 Å². The van der Waals surface area contributed by atoms with E-state index in [-0.39, 0.29) is 0 Å². The summed E-state index contributed by atoms with van der Waals surface area (Å²) in [5.41, 5.74) is 1.88. The number of alkyl halides is 1. The lowest BCUT2D eigenvalue weighted by Crippen LogP contribution is -2.21. The molecule has 0 spiro atoms. The van der Waals surface area contributed by atoms with Gasteiger partial charge in [-0.3, -0.25) is 0 Å². The van der Waals surface area contributed by atoms with Gasteiger partial charge in [0.15, 0.2) is 0 Å². The summed E-state index contributed by atoms with van der Waals surface area (Å²) in [4.78, 5) is 7.08. The number of likely N-dealkylation sites (tertiary alicyclic amines) is 1. The number of benzene rings is 1. The molecule has 1 fully saturated rings. The minimum absolute atomic E-state index is 0.396. The summed E-state index contributed by atoms with van der Waals surface area (Å²) in [5, 5.41) is 1.10. The van der Waals surface area contributed by atoms with Crippen LogP contribution in [0.4, 0.5) is 0 Å². The van der Waals surface area contributed by atoms with E-state index >= 15 is 0 Å². The van der Waals surface area contributed by atoms with Gasteiger partial charge in [0.1, 0.15) is 5.82 Å². The van der Waals surface area contributed by atoms with Gasteiger partial charge in [-0.05, 0) is 51.0 Å². The lowest BCUT2D eigenvalue weighted by molar-refractivity contribution is 0.325. The van der Waals surface area contributed by atoms with Crippen molar-refractivity contribution in [3.8, 4) is 0 Å². The quantitative estimate of drug-likeness (QED) is 0.740. The highest BCUT2D eigenvalue weighted by atomic mass is 35.5. The fraction of sp³-hybridized carbons (Fsp3) is 0.533. The Morgan fingerprint density at radius 3 is 2.48 bits per heavy atom. The van der Waals surface area contributed by atoms with E-state index in [1.807, 2.05) is 12.1 Å². The van der Waals surface area contributed by atoms with E-state index in [4.69, 9.17) is 34.8 Å². The van der Waals surface area contributed by atoms with Gasteiger partial charge in [0.25, 0.3) is 0 Å². The van der Waals surface area contributed by atoms with Crippen molar-refractivity contribution in [3.63, 3.8) is 0 Å². The molecule has 0 bridgehead atoms. The van der Waals surface area contributed by atoms with Crippen LogP contribution in [0.2, 0.25) is 10.0 Å². The molecular formula is C15H18Cl3N3. The highest BCUT2D eigenvalue weighted by Crippen LogP contribution is 2.29. The summed E-state index contributed by atoms with van der Waals surface area (Å²) in [5.74, 6) is 1.28. The average Bonchev–Trinajstić information content (AvgIpc) is 3.08. The number of hydrogen-bond donors (Lipinski definition) is 0. The monoisotopic (exact) mass is 345 g/mol. The summed E-state index contributed by atoms with van der Waals surface area (Å²) in [6.07, 6.45) is 3.75. The molecule has 0 N–H and O–H groups in total. The first-order valence-corrected chi connectivity index (χ1v) is 8.60. The van der Waals surface area contributed by atoms with Crippen LogP contribution in [0.25, 0.3) is 11.0 Å². The number of fused-ring (bicyclic) bond motifs is 1. The maximum absolute atomic E-state index is 6.14. The molecule has 1 aliphatic heterocycles. The molecule has 0 amide bonds. The van der Waals surface area contributed by atoms with E-state index < -0.39 is 0 Å². The van der Waals surface area contributed by atoms with Crippen molar-refractivity contribution >= 4 is 45.8 Å². The van der Waals surface area contributed by atoms with Crippen molar-refractivity contribution in [1.82, 2.24) is 14.5 Å². The molecule has 1 aromatic heterocycles. The first-order valence-electron chi connectivity index (χ1n) is 7.31. The Kier molecular flexibility index (Phi) is 4.95. The first-order chi connectivity index (χ1) is 10.2. The minimum atomic E-state index is 0.396. The molecule has 0 radical (unpaired) electrons. The Bertz CT molecular complexity index is 633. The number of aromatic nitrogens is 2. The molecule has 2 heterocycles. The first kappa shape index (κ1) is 15.4. The summed E-state index contributed by atoms with van der Waals surface area (Å²) < 4.78 is 2.17. The summed E-state index contributed by atoms with van der Waals surface area (Å²) in [6, 6.07) is 3.70. The normalized spacial score (nSPS) is 16.1. The lowest BCUT2D eigenvalue weighted by atomic mass is 10.3. The molecule has 21 heavy (non-hydrogen) atoms. The van der Waals surface area contributed by atoms with Gasteiger partial charge in [-0.15, -0.1) is 11.6 Å². The molecule has 0 atom stereocenters. The topological polar surface area (TPSA) is 21.1 Å². The Morgan fingerprint density at radius 1 is 1.05 bits per heavy atom. The molecule has 1 aliphatic rings. The molecule has 0 aliphatic carbocycles. The zero-order valence-electron chi connectivity index (χ0n) is 11.8. The van der Waals surface area contributed by atoms with Crippen molar-refractivity contribution < 1.29 is 0 Å². The second-order valence-electron chi connectivity index (χ2n) is 5.47. The predicted molar refractivity (Wildman–Crippen MR) is 89.6 cm³/mol. The maximum atomic E-state index is 6.14. The summed E-state index contributed by atoms with van der Waals surface area (Å²) >= 11 is 18.2. The van der Waals surface area contributed by atoms with Crippen LogP contribution < -0.4 is 0 Å². The number of rotatable bonds is 5. The van der Waals surface area contributed by atoms with Crippen LogP contribution in [0, 0.1) is 0 Å². The number of imidazole rings is 1. The van der Waals surface area contributed by atoms with Crippen LogP contribution in [0.3, 0.4) is 0 Å². The van der Waals surface area contributed by atoms with Gasteiger partial charge < -0.3 is 9.47 Å². The van der Waals surface area contributed by atoms with Gasteiger partial charge in [0.2, 0.25) is 0 Å². The predicted octanol–water partition coefficient (Wildman–Crippen LogP) is 4.57. The Morgan fingerprint density at radius 2 is 1.76 bits per heavy atom. The van der Waals surface area contributed by atoms with Crippen molar-refractivity contribution in [3.05, 3.63) is 28.0 Å². The van der Waals surface area contributed by atoms with Gasteiger partial charge in [-0.2, -0.15) is 0 Å². The van der Waals surface area contributed by atoms with Gasteiger partial charge in [-0.1, -0.05) is 23.2 Å². The van der Waals surface area contributed by atoms with Crippen molar-refractivity contribution in [2.24, 2.45) is 0 Å². The van der Waals surface area contributed by atoms with Gasteiger partial charge in [0.05, 0.1) is 27.0 Å². The lowest BCUT2D eigenvalue weighted by Gasteiger charge is -2.15. The van der Waals surface area contributed by atoms with E-state index in [0.29, 0.717) is 15.9 Å². The van der Waals surface area contributed by atoms with Crippen molar-refractivity contribution in [2.75, 3.05) is 19.6 Å². The van der Waals surface area contributed by atoms with Gasteiger partial charge >= 0.3 is 0 Å². The third-order valence-corrected chi connectivity index (χ3v) is 5.00. The van der Waals surface area contributed by atoms with Crippen molar-refractivity contribution in [1.29, 1.82) is 0 Å². The number of nitrogens with zero attached hydrogens (tertiary/aromatic N) is 3. The third-order valence-electron chi connectivity index (χ3n) is 4.04. The highest BCUT2D eigenvalue weighted by molar-refractivity contribution is 6.42. The molecule has 3 nitrogen and oxygen atoms in total. The summed E-state index contributed by atoms with van der Waals surface area (Å²) in [6.45, 7) is 4.50. The molecule has 1 aromatic carbocycles. The van der Waals surface area contributed by atoms with Crippen LogP contribution in [0.1, 0.15) is 25.1 Å². The highest BCUT2D eigenvalue weighted by Gasteiger charge is 2.14. The standard InChI is InChI=1S/C15H18Cl3N3/c16-10-15-19-13-8-11(17)12(18)9-14(13)21(15)7-3-6-20-4-1-2-5-20/h8-9H,1-7,10H2. The molecular weight excluding hydrogens is 329 g/mol. The zero-order chi connectivity index (χ0) is 14.8. The Labute approximate surface area is 139 Å². The van der Waals surface area contributed by atoms with E-state index in [2.05, 4.69) is 14.5 Å². The molecule has 114 valence electrons. The number of aryl methyl sites for hydroxylation is 1. The van der Waals surface area contributed by atoms with Crippen LogP contribution in [0.5, 0.6) is 0 Å². The van der Waals surface area contributed by atoms with Crippen LogP contribution in [-0.4, -0.2) is 34.1 Å². The molecule has 2 aromatic rings. The molecule has 3 rings (SSSR count). The van der Waals surface area contributed by atoms with E-state index in [9.17, 15) is 0 Å². The second kappa shape index (κ2) is 6.74. The molecule has 0 saturated carbocycles. The third kappa shape index (κ3) is 3.31. The van der Waals surface area contributed by atoms with Gasteiger partial charge in [0, 0.05) is 6.54 Å². The largest absolute Gasteiger partial charge is 0.327 e. The van der Waals surface area contributed by atoms with E-state index in [1.54, 1.807) is 0 Å². The fourth-order valence-electron chi connectivity index (χ4n) is 2.98. The van der Waals surface area contributed by atoms with Crippen molar-refractivity contribution in [2.45, 2.75) is 31.7 Å². The minimum Gasteiger partial charge on any atom is -0.327 e. The second-order valence-corrected chi connectivity index (χ2v) is 6.55. The Hall–Kier alpha value is -0.480. The Balaban J connectivity index is 1.80. The van der Waals surface area contributed by atoms with Crippen LogP contribution in [0.15, 0.2) is 12.1 Å². The number of hydrogen-bond acceptors (Lipinski definition) is 2. The molecule has 1 saturated heterocycles. The zero-order valence-corrected chi connectivity index (χ0v) is 14.1. The average molecular weight is 347 g/mol. The smallest absolute Gasteiger partial charge is 0.124 e. The van der Waals surface area contributed by atoms with E-state index in [1.165, 1.54) is 25.9 Å². The fourth-order valence-corrected chi connectivity index (χ4v) is 3.50. The van der Waals surface area contributed by atoms with Gasteiger partial charge in [-0.25, -0.2) is 4.98 Å². The SMILES string of the molecule is ClCc1nc2cc(Cl)c(Cl)cc2n1CCCN1CCCC1. The van der Waals surface area contributed by atoms with Crippen LogP contribution >= 0.6 is 34.8 Å². The van der Waals surface area contributed by atoms with E-state index in [0.717, 1.165) is 36.4 Å².